The van der Waals surface area contributed by atoms with Crippen molar-refractivity contribution < 1.29 is 9.59 Å². The topological polar surface area (TPSA) is 61.4 Å². The van der Waals surface area contributed by atoms with Crippen molar-refractivity contribution in [2.45, 2.75) is 0 Å². The van der Waals surface area contributed by atoms with Crippen LogP contribution in [0.2, 0.25) is 0 Å². The van der Waals surface area contributed by atoms with E-state index in [0.717, 1.165) is 5.69 Å². The number of amides is 2. The van der Waals surface area contributed by atoms with E-state index in [1.165, 1.54) is 0 Å². The molecule has 0 atom stereocenters. The van der Waals surface area contributed by atoms with Gasteiger partial charge in [-0.25, -0.2) is 0 Å². The highest BCUT2D eigenvalue weighted by atomic mass is 16.2. The Balaban J connectivity index is 1.60. The lowest BCUT2D eigenvalue weighted by Crippen LogP contribution is -2.33. The number of nitrogens with one attached hydrogen (secondary N) is 2. The second-order valence-corrected chi connectivity index (χ2v) is 6.38. The number of hydrogen-bond acceptors (Lipinski definition) is 3. The van der Waals surface area contributed by atoms with Crippen LogP contribution in [0.15, 0.2) is 84.9 Å². The third-order valence-corrected chi connectivity index (χ3v) is 4.39. The lowest BCUT2D eigenvalue weighted by molar-refractivity contribution is 0.0955. The van der Waals surface area contributed by atoms with Gasteiger partial charge in [0, 0.05) is 31.4 Å². The molecule has 0 spiro atoms. The van der Waals surface area contributed by atoms with Crippen molar-refractivity contribution in [1.29, 1.82) is 0 Å². The molecule has 3 aromatic carbocycles. The molecule has 0 aliphatic rings. The van der Waals surface area contributed by atoms with E-state index in [9.17, 15) is 9.59 Å². The Morgan fingerprint density at radius 2 is 1.39 bits per heavy atom. The van der Waals surface area contributed by atoms with Crippen molar-refractivity contribution in [3.8, 4) is 0 Å². The smallest absolute Gasteiger partial charge is 0.255 e. The van der Waals surface area contributed by atoms with Crippen molar-refractivity contribution in [1.82, 2.24) is 5.32 Å². The number of para-hydroxylation sites is 2. The molecule has 5 heteroatoms. The third-order valence-electron chi connectivity index (χ3n) is 4.39. The summed E-state index contributed by atoms with van der Waals surface area (Å²) in [6.45, 7) is 1.17. The molecule has 0 saturated carbocycles. The molecule has 28 heavy (non-hydrogen) atoms. The molecular formula is C23H23N3O2. The second kappa shape index (κ2) is 9.37. The zero-order valence-corrected chi connectivity index (χ0v) is 15.8. The van der Waals surface area contributed by atoms with E-state index in [0.29, 0.717) is 29.9 Å². The Morgan fingerprint density at radius 3 is 2.11 bits per heavy atom. The first-order valence-electron chi connectivity index (χ1n) is 9.15. The van der Waals surface area contributed by atoms with Crippen molar-refractivity contribution in [3.63, 3.8) is 0 Å². The van der Waals surface area contributed by atoms with Gasteiger partial charge in [-0.15, -0.1) is 0 Å². The molecular weight excluding hydrogens is 350 g/mol. The molecule has 0 aromatic heterocycles. The zero-order chi connectivity index (χ0) is 19.8. The molecule has 0 aliphatic carbocycles. The van der Waals surface area contributed by atoms with Gasteiger partial charge < -0.3 is 15.5 Å². The van der Waals surface area contributed by atoms with Crippen molar-refractivity contribution in [2.75, 3.05) is 30.4 Å². The zero-order valence-electron chi connectivity index (χ0n) is 15.8. The average Bonchev–Trinajstić information content (AvgIpc) is 2.75. The Labute approximate surface area is 165 Å². The highest BCUT2D eigenvalue weighted by molar-refractivity contribution is 6.08. The van der Waals surface area contributed by atoms with Gasteiger partial charge in [-0.3, -0.25) is 9.59 Å². The minimum Gasteiger partial charge on any atom is -0.373 e. The van der Waals surface area contributed by atoms with E-state index >= 15 is 0 Å². The summed E-state index contributed by atoms with van der Waals surface area (Å²) in [6, 6.07) is 25.9. The van der Waals surface area contributed by atoms with Crippen LogP contribution in [0.4, 0.5) is 11.4 Å². The van der Waals surface area contributed by atoms with Crippen LogP contribution in [0.1, 0.15) is 20.7 Å². The highest BCUT2D eigenvalue weighted by Gasteiger charge is 2.14. The molecule has 5 nitrogen and oxygen atoms in total. The molecule has 142 valence electrons. The van der Waals surface area contributed by atoms with E-state index in [2.05, 4.69) is 15.5 Å². The summed E-state index contributed by atoms with van der Waals surface area (Å²) in [6.07, 6.45) is 0. The number of anilines is 2. The Bertz CT molecular complexity index is 927. The van der Waals surface area contributed by atoms with Crippen LogP contribution in [0.3, 0.4) is 0 Å². The molecule has 3 rings (SSSR count). The maximum atomic E-state index is 12.6. The maximum Gasteiger partial charge on any atom is 0.255 e. The molecule has 0 unspecified atom stereocenters. The number of likely N-dealkylation sites (N-methyl/N-ethyl adjacent to an activating group) is 1. The molecule has 2 amide bonds. The minimum atomic E-state index is -0.246. The van der Waals surface area contributed by atoms with Gasteiger partial charge in [-0.05, 0) is 36.4 Å². The molecule has 0 fully saturated rings. The summed E-state index contributed by atoms with van der Waals surface area (Å²) in [5, 5.41) is 5.74. The number of hydrogen-bond donors (Lipinski definition) is 2. The van der Waals surface area contributed by atoms with E-state index in [1.807, 2.05) is 43.4 Å². The van der Waals surface area contributed by atoms with E-state index < -0.39 is 0 Å². The summed E-state index contributed by atoms with van der Waals surface area (Å²) in [4.78, 5) is 27.1. The van der Waals surface area contributed by atoms with Gasteiger partial charge in [0.2, 0.25) is 0 Å². The minimum absolute atomic E-state index is 0.217. The Morgan fingerprint density at radius 1 is 0.786 bits per heavy atom. The van der Waals surface area contributed by atoms with Crippen LogP contribution in [-0.2, 0) is 0 Å². The molecule has 0 aliphatic heterocycles. The van der Waals surface area contributed by atoms with E-state index in [-0.39, 0.29) is 11.8 Å². The lowest BCUT2D eigenvalue weighted by atomic mass is 10.1. The maximum absolute atomic E-state index is 12.6. The monoisotopic (exact) mass is 373 g/mol. The highest BCUT2D eigenvalue weighted by Crippen LogP contribution is 2.16. The van der Waals surface area contributed by atoms with Gasteiger partial charge in [0.25, 0.3) is 11.8 Å². The van der Waals surface area contributed by atoms with Gasteiger partial charge >= 0.3 is 0 Å². The van der Waals surface area contributed by atoms with Crippen LogP contribution < -0.4 is 15.5 Å². The standard InChI is InChI=1S/C23H23N3O2/c1-26(19-12-6-3-7-13-19)17-16-24-23(28)20-14-8-9-15-21(20)25-22(27)18-10-4-2-5-11-18/h2-15H,16-17H2,1H3,(H,24,28)(H,25,27). The number of rotatable bonds is 7. The predicted octanol–water partition coefficient (Wildman–Crippen LogP) is 3.81. The Hall–Kier alpha value is -3.60. The number of carbonyl (C=O) groups is 2. The fourth-order valence-corrected chi connectivity index (χ4v) is 2.82. The fourth-order valence-electron chi connectivity index (χ4n) is 2.82. The summed E-state index contributed by atoms with van der Waals surface area (Å²) in [5.41, 5.74) is 2.56. The van der Waals surface area contributed by atoms with Crippen molar-refractivity contribution in [3.05, 3.63) is 96.1 Å². The van der Waals surface area contributed by atoms with Gasteiger partial charge in [0.1, 0.15) is 0 Å². The SMILES string of the molecule is CN(CCNC(=O)c1ccccc1NC(=O)c1ccccc1)c1ccccc1. The van der Waals surface area contributed by atoms with E-state index in [1.54, 1.807) is 48.5 Å². The number of carbonyl (C=O) groups excluding carboxylic acids is 2. The first-order chi connectivity index (χ1) is 13.6. The van der Waals surface area contributed by atoms with E-state index in [4.69, 9.17) is 0 Å². The van der Waals surface area contributed by atoms with Crippen molar-refractivity contribution >= 4 is 23.2 Å². The number of nitrogens with zero attached hydrogens (tertiary/aromatic N) is 1. The average molecular weight is 373 g/mol. The van der Waals surface area contributed by atoms with Crippen LogP contribution in [0.5, 0.6) is 0 Å². The summed E-state index contributed by atoms with van der Waals surface area (Å²) in [7, 11) is 1.98. The predicted molar refractivity (Wildman–Crippen MR) is 113 cm³/mol. The molecule has 0 radical (unpaired) electrons. The first kappa shape index (κ1) is 19.2. The van der Waals surface area contributed by atoms with Gasteiger partial charge in [-0.1, -0.05) is 48.5 Å². The molecule has 2 N–H and O–H groups in total. The summed E-state index contributed by atoms with van der Waals surface area (Å²) < 4.78 is 0. The van der Waals surface area contributed by atoms with Crippen LogP contribution >= 0.6 is 0 Å². The normalized spacial score (nSPS) is 10.2. The van der Waals surface area contributed by atoms with Gasteiger partial charge in [0.15, 0.2) is 0 Å². The largest absolute Gasteiger partial charge is 0.373 e. The quantitative estimate of drug-likeness (QED) is 0.662. The molecule has 0 saturated heterocycles. The summed E-state index contributed by atoms with van der Waals surface area (Å²) >= 11 is 0. The second-order valence-electron chi connectivity index (χ2n) is 6.38. The fraction of sp³-hybridized carbons (Fsp3) is 0.130. The van der Waals surface area contributed by atoms with Crippen molar-refractivity contribution in [2.24, 2.45) is 0 Å². The lowest BCUT2D eigenvalue weighted by Gasteiger charge is -2.19. The first-order valence-corrected chi connectivity index (χ1v) is 9.15. The van der Waals surface area contributed by atoms with Crippen LogP contribution in [-0.4, -0.2) is 32.0 Å². The molecule has 3 aromatic rings. The van der Waals surface area contributed by atoms with Crippen LogP contribution in [0, 0.1) is 0 Å². The summed E-state index contributed by atoms with van der Waals surface area (Å²) in [5.74, 6) is -0.463. The Kier molecular flexibility index (Phi) is 6.41. The van der Waals surface area contributed by atoms with Gasteiger partial charge in [-0.2, -0.15) is 0 Å². The number of benzene rings is 3. The third kappa shape index (κ3) is 4.98. The van der Waals surface area contributed by atoms with Gasteiger partial charge in [0.05, 0.1) is 11.3 Å². The molecule has 0 heterocycles. The van der Waals surface area contributed by atoms with Crippen LogP contribution in [0.25, 0.3) is 0 Å². The molecule has 0 bridgehead atoms.